The van der Waals surface area contributed by atoms with Gasteiger partial charge in [0.2, 0.25) is 5.43 Å². The minimum absolute atomic E-state index is 0. The maximum absolute atomic E-state index is 12.4. The lowest BCUT2D eigenvalue weighted by atomic mass is 10.1. The van der Waals surface area contributed by atoms with Gasteiger partial charge in [0.15, 0.2) is 0 Å². The highest BCUT2D eigenvalue weighted by Gasteiger charge is 2.12. The van der Waals surface area contributed by atoms with Crippen LogP contribution in [0.15, 0.2) is 50.5 Å². The van der Waals surface area contributed by atoms with E-state index in [4.69, 9.17) is 9.52 Å². The van der Waals surface area contributed by atoms with E-state index in [1.807, 2.05) is 0 Å². The van der Waals surface area contributed by atoms with Crippen LogP contribution in [0.2, 0.25) is 0 Å². The summed E-state index contributed by atoms with van der Waals surface area (Å²) >= 11 is 0. The summed E-state index contributed by atoms with van der Waals surface area (Å²) in [5.74, 6) is -1.10. The predicted octanol–water partition coefficient (Wildman–Crippen LogP) is 2.00. The highest BCUT2D eigenvalue weighted by Crippen LogP contribution is 2.21. The van der Waals surface area contributed by atoms with Gasteiger partial charge in [-0.25, -0.2) is 4.79 Å². The van der Waals surface area contributed by atoms with Gasteiger partial charge in [0.1, 0.15) is 11.2 Å². The molecule has 3 radical (unpaired) electrons. The normalized spacial score (nSPS) is 12.0. The summed E-state index contributed by atoms with van der Waals surface area (Å²) in [6, 6.07) is 8.84. The van der Waals surface area contributed by atoms with Crippen LogP contribution in [0, 0.1) is 0 Å². The van der Waals surface area contributed by atoms with E-state index < -0.39 is 16.8 Å². The Morgan fingerprint density at radius 3 is 2.45 bits per heavy atom. The second-order valence-electron chi connectivity index (χ2n) is 4.56. The fourth-order valence-electron chi connectivity index (χ4n) is 2.15. The van der Waals surface area contributed by atoms with Crippen LogP contribution in [0.5, 0.6) is 0 Å². The third kappa shape index (κ3) is 2.71. The Kier molecular flexibility index (Phi) is 4.52. The first-order chi connectivity index (χ1) is 9.97. The standard InChI is InChI=1S/C15H10O5S.Al/c1-21(19)9-3-4-10-13(7-9)20-12-5-2-8(15(17)18)6-11(12)14(10)16;/h2-7H,1H3,(H,17,18);. The second kappa shape index (κ2) is 6.05. The smallest absolute Gasteiger partial charge is 0.335 e. The monoisotopic (exact) mass is 329 g/mol. The molecule has 1 aromatic heterocycles. The van der Waals surface area contributed by atoms with E-state index in [1.165, 1.54) is 18.2 Å². The van der Waals surface area contributed by atoms with Crippen molar-refractivity contribution in [3.8, 4) is 0 Å². The molecule has 0 aliphatic heterocycles. The maximum Gasteiger partial charge on any atom is 0.335 e. The SMILES string of the molecule is CS(=O)c1ccc2c(=O)c3cc(C(=O)O)ccc3oc2c1.[Al]. The molecular formula is C15H10AlO5S. The lowest BCUT2D eigenvalue weighted by Gasteiger charge is -2.04. The third-order valence-electron chi connectivity index (χ3n) is 3.22. The lowest BCUT2D eigenvalue weighted by Crippen LogP contribution is -2.05. The average Bonchev–Trinajstić information content (AvgIpc) is 2.46. The molecule has 3 rings (SSSR count). The number of rotatable bonds is 2. The third-order valence-corrected chi connectivity index (χ3v) is 4.14. The van der Waals surface area contributed by atoms with Crippen molar-refractivity contribution in [3.05, 3.63) is 52.2 Å². The first kappa shape index (κ1) is 16.4. The molecule has 3 aromatic rings. The molecule has 0 bridgehead atoms. The minimum atomic E-state index is -1.17. The van der Waals surface area contributed by atoms with E-state index >= 15 is 0 Å². The number of carboxylic acid groups (broad SMARTS) is 1. The fraction of sp³-hybridized carbons (Fsp3) is 0.0667. The van der Waals surface area contributed by atoms with Gasteiger partial charge < -0.3 is 9.52 Å². The molecule has 22 heavy (non-hydrogen) atoms. The average molecular weight is 329 g/mol. The summed E-state index contributed by atoms with van der Waals surface area (Å²) in [6.07, 6.45) is 1.54. The van der Waals surface area contributed by atoms with Crippen molar-refractivity contribution in [2.24, 2.45) is 0 Å². The van der Waals surface area contributed by atoms with Crippen molar-refractivity contribution in [2.45, 2.75) is 4.90 Å². The van der Waals surface area contributed by atoms with Crippen molar-refractivity contribution < 1.29 is 18.5 Å². The molecule has 0 aliphatic rings. The van der Waals surface area contributed by atoms with Crippen molar-refractivity contribution in [1.29, 1.82) is 0 Å². The first-order valence-electron chi connectivity index (χ1n) is 6.05. The zero-order valence-electron chi connectivity index (χ0n) is 11.5. The van der Waals surface area contributed by atoms with Gasteiger partial charge in [0.25, 0.3) is 0 Å². The van der Waals surface area contributed by atoms with Crippen LogP contribution in [-0.2, 0) is 10.8 Å². The highest BCUT2D eigenvalue weighted by molar-refractivity contribution is 7.84. The number of carboxylic acids is 1. The molecular weight excluding hydrogens is 319 g/mol. The molecule has 0 fully saturated rings. The summed E-state index contributed by atoms with van der Waals surface area (Å²) in [5.41, 5.74) is 0.364. The summed E-state index contributed by atoms with van der Waals surface area (Å²) in [4.78, 5) is 23.9. The molecule has 5 nitrogen and oxygen atoms in total. The van der Waals surface area contributed by atoms with E-state index in [0.29, 0.717) is 21.4 Å². The molecule has 2 aromatic carbocycles. The van der Waals surface area contributed by atoms with Crippen molar-refractivity contribution >= 4 is 56.1 Å². The molecule has 109 valence electrons. The van der Waals surface area contributed by atoms with E-state index in [0.717, 1.165) is 0 Å². The molecule has 7 heteroatoms. The Balaban J connectivity index is 0.00000176. The van der Waals surface area contributed by atoms with Crippen LogP contribution in [0.25, 0.3) is 21.9 Å². The van der Waals surface area contributed by atoms with Gasteiger partial charge in [-0.15, -0.1) is 0 Å². The number of hydrogen-bond donors (Lipinski definition) is 1. The largest absolute Gasteiger partial charge is 0.478 e. The highest BCUT2D eigenvalue weighted by atomic mass is 32.2. The molecule has 1 atom stereocenters. The molecule has 0 saturated heterocycles. The van der Waals surface area contributed by atoms with Gasteiger partial charge >= 0.3 is 5.97 Å². The Morgan fingerprint density at radius 2 is 1.82 bits per heavy atom. The summed E-state index contributed by atoms with van der Waals surface area (Å²) in [6.45, 7) is 0. The molecule has 0 aliphatic carbocycles. The molecule has 0 spiro atoms. The Labute approximate surface area is 138 Å². The summed E-state index contributed by atoms with van der Waals surface area (Å²) < 4.78 is 17.1. The number of hydrogen-bond acceptors (Lipinski definition) is 4. The summed E-state index contributed by atoms with van der Waals surface area (Å²) in [7, 11) is -1.17. The van der Waals surface area contributed by atoms with Gasteiger partial charge in [-0.3, -0.25) is 9.00 Å². The zero-order chi connectivity index (χ0) is 15.1. The predicted molar refractivity (Wildman–Crippen MR) is 85.0 cm³/mol. The Hall–Kier alpha value is -1.94. The van der Waals surface area contributed by atoms with Crippen LogP contribution in [0.1, 0.15) is 10.4 Å². The minimum Gasteiger partial charge on any atom is -0.478 e. The van der Waals surface area contributed by atoms with Gasteiger partial charge in [-0.1, -0.05) is 0 Å². The van der Waals surface area contributed by atoms with Gasteiger partial charge in [0.05, 0.1) is 16.3 Å². The number of aromatic carboxylic acids is 1. The van der Waals surface area contributed by atoms with Crippen molar-refractivity contribution in [1.82, 2.24) is 0 Å². The lowest BCUT2D eigenvalue weighted by molar-refractivity contribution is 0.0697. The number of carbonyl (C=O) groups is 1. The molecule has 0 saturated carbocycles. The van der Waals surface area contributed by atoms with Crippen molar-refractivity contribution in [3.63, 3.8) is 0 Å². The first-order valence-corrected chi connectivity index (χ1v) is 7.60. The van der Waals surface area contributed by atoms with E-state index in [1.54, 1.807) is 24.5 Å². The fourth-order valence-corrected chi connectivity index (χ4v) is 2.68. The van der Waals surface area contributed by atoms with Crippen LogP contribution in [0.3, 0.4) is 0 Å². The van der Waals surface area contributed by atoms with E-state index in [2.05, 4.69) is 0 Å². The van der Waals surface area contributed by atoms with Crippen LogP contribution >= 0.6 is 0 Å². The van der Waals surface area contributed by atoms with Gasteiger partial charge in [0, 0.05) is 39.3 Å². The quantitative estimate of drug-likeness (QED) is 0.574. The van der Waals surface area contributed by atoms with Crippen LogP contribution < -0.4 is 5.43 Å². The zero-order valence-corrected chi connectivity index (χ0v) is 13.5. The Bertz CT molecular complexity index is 977. The van der Waals surface area contributed by atoms with Gasteiger partial charge in [-0.05, 0) is 36.4 Å². The van der Waals surface area contributed by atoms with Crippen molar-refractivity contribution in [2.75, 3.05) is 6.26 Å². The molecule has 0 amide bonds. The van der Waals surface area contributed by atoms with Gasteiger partial charge in [-0.2, -0.15) is 0 Å². The topological polar surface area (TPSA) is 84.6 Å². The van der Waals surface area contributed by atoms with Crippen LogP contribution in [0.4, 0.5) is 0 Å². The van der Waals surface area contributed by atoms with E-state index in [9.17, 15) is 13.8 Å². The van der Waals surface area contributed by atoms with E-state index in [-0.39, 0.29) is 33.7 Å². The molecule has 1 N–H and O–H groups in total. The maximum atomic E-state index is 12.4. The number of fused-ring (bicyclic) bond motifs is 2. The second-order valence-corrected chi connectivity index (χ2v) is 5.94. The summed E-state index contributed by atoms with van der Waals surface area (Å²) in [5, 5.41) is 9.53. The van der Waals surface area contributed by atoms with Crippen LogP contribution in [-0.4, -0.2) is 38.9 Å². The molecule has 1 unspecified atom stereocenters. The molecule has 1 heterocycles. The Morgan fingerprint density at radius 1 is 1.09 bits per heavy atom. The number of benzene rings is 2.